The Labute approximate surface area is 134 Å². The van der Waals surface area contributed by atoms with Crippen molar-refractivity contribution in [1.29, 1.82) is 0 Å². The predicted molar refractivity (Wildman–Crippen MR) is 87.8 cm³/mol. The van der Waals surface area contributed by atoms with Gasteiger partial charge in [0, 0.05) is 11.6 Å². The van der Waals surface area contributed by atoms with E-state index in [1.54, 1.807) is 0 Å². The number of thioether (sulfide) groups is 1. The van der Waals surface area contributed by atoms with E-state index in [1.165, 1.54) is 11.8 Å². The van der Waals surface area contributed by atoms with Crippen LogP contribution < -0.4 is 5.32 Å². The van der Waals surface area contributed by atoms with Gasteiger partial charge >= 0.3 is 0 Å². The van der Waals surface area contributed by atoms with Crippen LogP contribution in [0, 0.1) is 13.8 Å². The van der Waals surface area contributed by atoms with E-state index in [9.17, 15) is 4.79 Å². The minimum atomic E-state index is -0.282. The van der Waals surface area contributed by atoms with Crippen molar-refractivity contribution in [3.05, 3.63) is 29.3 Å². The van der Waals surface area contributed by atoms with Gasteiger partial charge in [0.25, 0.3) is 5.22 Å². The van der Waals surface area contributed by atoms with Crippen LogP contribution in [0.5, 0.6) is 0 Å². The average Bonchev–Trinajstić information content (AvgIpc) is 2.85. The Morgan fingerprint density at radius 3 is 2.36 bits per heavy atom. The number of hydrogen-bond donors (Lipinski definition) is 1. The van der Waals surface area contributed by atoms with Crippen molar-refractivity contribution in [3.8, 4) is 11.5 Å². The molecule has 118 valence electrons. The third-order valence-electron chi connectivity index (χ3n) is 2.95. The molecule has 22 heavy (non-hydrogen) atoms. The van der Waals surface area contributed by atoms with Crippen molar-refractivity contribution in [2.24, 2.45) is 0 Å². The fraction of sp³-hybridized carbons (Fsp3) is 0.438. The smallest absolute Gasteiger partial charge is 0.277 e. The lowest BCUT2D eigenvalue weighted by Gasteiger charge is -2.12. The number of rotatable bonds is 5. The zero-order valence-corrected chi connectivity index (χ0v) is 14.3. The molecular weight excluding hydrogens is 298 g/mol. The summed E-state index contributed by atoms with van der Waals surface area (Å²) in [6.45, 7) is 9.74. The highest BCUT2D eigenvalue weighted by molar-refractivity contribution is 8.00. The third kappa shape index (κ3) is 4.34. The van der Waals surface area contributed by atoms with E-state index >= 15 is 0 Å². The van der Waals surface area contributed by atoms with Gasteiger partial charge in [-0.25, -0.2) is 0 Å². The molecule has 0 aliphatic carbocycles. The lowest BCUT2D eigenvalue weighted by atomic mass is 10.1. The van der Waals surface area contributed by atoms with E-state index in [-0.39, 0.29) is 17.2 Å². The molecule has 1 aromatic carbocycles. The molecule has 1 N–H and O–H groups in total. The van der Waals surface area contributed by atoms with Crippen LogP contribution in [0.3, 0.4) is 0 Å². The third-order valence-corrected chi connectivity index (χ3v) is 3.89. The molecule has 2 rings (SSSR count). The van der Waals surface area contributed by atoms with Crippen molar-refractivity contribution in [2.45, 2.75) is 51.1 Å². The van der Waals surface area contributed by atoms with Crippen LogP contribution >= 0.6 is 11.8 Å². The second-order valence-electron chi connectivity index (χ2n) is 5.67. The number of benzene rings is 1. The molecule has 1 heterocycles. The molecule has 1 aromatic heterocycles. The number of hydrogen-bond acceptors (Lipinski definition) is 5. The first-order valence-electron chi connectivity index (χ1n) is 7.24. The minimum absolute atomic E-state index is 0.0360. The van der Waals surface area contributed by atoms with Gasteiger partial charge in [-0.2, -0.15) is 0 Å². The number of carbonyl (C=O) groups is 1. The van der Waals surface area contributed by atoms with Crippen molar-refractivity contribution in [2.75, 3.05) is 0 Å². The van der Waals surface area contributed by atoms with Gasteiger partial charge in [0.15, 0.2) is 0 Å². The Morgan fingerprint density at radius 2 is 1.77 bits per heavy atom. The largest absolute Gasteiger partial charge is 0.411 e. The maximum Gasteiger partial charge on any atom is 0.277 e. The second-order valence-corrected chi connectivity index (χ2v) is 6.96. The van der Waals surface area contributed by atoms with Crippen molar-refractivity contribution in [3.63, 3.8) is 0 Å². The maximum absolute atomic E-state index is 11.9. The van der Waals surface area contributed by atoms with Gasteiger partial charge in [-0.15, -0.1) is 10.2 Å². The summed E-state index contributed by atoms with van der Waals surface area (Å²) in [6, 6.07) is 6.21. The summed E-state index contributed by atoms with van der Waals surface area (Å²) >= 11 is 1.27. The van der Waals surface area contributed by atoms with Gasteiger partial charge in [-0.3, -0.25) is 4.79 Å². The predicted octanol–water partition coefficient (Wildman–Crippen LogP) is 3.36. The van der Waals surface area contributed by atoms with Crippen molar-refractivity contribution >= 4 is 17.7 Å². The SMILES string of the molecule is Cc1cc(C)cc(-c2nnc(S[C@H](C)C(=O)NC(C)C)o2)c1. The first-order valence-corrected chi connectivity index (χ1v) is 8.12. The van der Waals surface area contributed by atoms with E-state index in [1.807, 2.05) is 46.8 Å². The standard InChI is InChI=1S/C16H21N3O2S/c1-9(2)17-14(20)12(5)22-16-19-18-15(21-16)13-7-10(3)6-11(4)8-13/h6-9,12H,1-5H3,(H,17,20)/t12-/m1/s1. The fourth-order valence-electron chi connectivity index (χ4n) is 2.08. The lowest BCUT2D eigenvalue weighted by Crippen LogP contribution is -2.35. The van der Waals surface area contributed by atoms with E-state index in [4.69, 9.17) is 4.42 Å². The van der Waals surface area contributed by atoms with E-state index in [0.717, 1.165) is 16.7 Å². The molecule has 0 saturated carbocycles. The number of amides is 1. The first kappa shape index (κ1) is 16.5. The Balaban J connectivity index is 2.10. The van der Waals surface area contributed by atoms with Crippen LogP contribution in [-0.2, 0) is 4.79 Å². The second kappa shape index (κ2) is 6.96. The van der Waals surface area contributed by atoms with E-state index < -0.39 is 0 Å². The number of nitrogens with one attached hydrogen (secondary N) is 1. The average molecular weight is 319 g/mol. The van der Waals surface area contributed by atoms with Gasteiger partial charge in [-0.1, -0.05) is 29.0 Å². The molecular formula is C16H21N3O2S. The van der Waals surface area contributed by atoms with Crippen LogP contribution in [0.1, 0.15) is 31.9 Å². The zero-order valence-electron chi connectivity index (χ0n) is 13.5. The Bertz CT molecular complexity index is 647. The molecule has 0 unspecified atom stereocenters. The molecule has 0 spiro atoms. The van der Waals surface area contributed by atoms with Gasteiger partial charge in [0.05, 0.1) is 5.25 Å². The molecule has 0 aliphatic rings. The molecule has 5 nitrogen and oxygen atoms in total. The zero-order chi connectivity index (χ0) is 16.3. The van der Waals surface area contributed by atoms with Gasteiger partial charge in [0.2, 0.25) is 11.8 Å². The highest BCUT2D eigenvalue weighted by atomic mass is 32.2. The van der Waals surface area contributed by atoms with Crippen molar-refractivity contribution in [1.82, 2.24) is 15.5 Å². The number of aryl methyl sites for hydroxylation is 2. The molecule has 0 bridgehead atoms. The highest BCUT2D eigenvalue weighted by Gasteiger charge is 2.19. The van der Waals surface area contributed by atoms with Crippen LogP contribution in [-0.4, -0.2) is 27.4 Å². The molecule has 6 heteroatoms. The normalized spacial score (nSPS) is 12.5. The lowest BCUT2D eigenvalue weighted by molar-refractivity contribution is -0.120. The number of carbonyl (C=O) groups excluding carboxylic acids is 1. The summed E-state index contributed by atoms with van der Waals surface area (Å²) in [5.74, 6) is 0.442. The quantitative estimate of drug-likeness (QED) is 0.856. The minimum Gasteiger partial charge on any atom is -0.411 e. The Kier molecular flexibility index (Phi) is 5.24. The fourth-order valence-corrected chi connectivity index (χ4v) is 2.77. The van der Waals surface area contributed by atoms with Crippen molar-refractivity contribution < 1.29 is 9.21 Å². The summed E-state index contributed by atoms with van der Waals surface area (Å²) in [7, 11) is 0. The molecule has 0 fully saturated rings. The van der Waals surface area contributed by atoms with E-state index in [0.29, 0.717) is 11.1 Å². The summed E-state index contributed by atoms with van der Waals surface area (Å²) in [5, 5.41) is 11.1. The van der Waals surface area contributed by atoms with Gasteiger partial charge in [0.1, 0.15) is 0 Å². The summed E-state index contributed by atoms with van der Waals surface area (Å²) in [6.07, 6.45) is 0. The number of nitrogens with zero attached hydrogens (tertiary/aromatic N) is 2. The van der Waals surface area contributed by atoms with Gasteiger partial charge in [-0.05, 0) is 46.8 Å². The summed E-state index contributed by atoms with van der Waals surface area (Å²) in [4.78, 5) is 11.9. The van der Waals surface area contributed by atoms with Crippen LogP contribution in [0.2, 0.25) is 0 Å². The topological polar surface area (TPSA) is 68.0 Å². The first-order chi connectivity index (χ1) is 10.3. The van der Waals surface area contributed by atoms with Crippen LogP contribution in [0.15, 0.2) is 27.8 Å². The number of aromatic nitrogens is 2. The van der Waals surface area contributed by atoms with Crippen LogP contribution in [0.25, 0.3) is 11.5 Å². The molecule has 1 atom stereocenters. The summed E-state index contributed by atoms with van der Waals surface area (Å²) in [5.41, 5.74) is 3.19. The molecule has 0 radical (unpaired) electrons. The molecule has 0 aliphatic heterocycles. The highest BCUT2D eigenvalue weighted by Crippen LogP contribution is 2.27. The van der Waals surface area contributed by atoms with E-state index in [2.05, 4.69) is 21.6 Å². The molecule has 2 aromatic rings. The van der Waals surface area contributed by atoms with Crippen LogP contribution in [0.4, 0.5) is 0 Å². The maximum atomic E-state index is 11.9. The Hall–Kier alpha value is -1.82. The van der Waals surface area contributed by atoms with Gasteiger partial charge < -0.3 is 9.73 Å². The monoisotopic (exact) mass is 319 g/mol. The molecule has 1 amide bonds. The summed E-state index contributed by atoms with van der Waals surface area (Å²) < 4.78 is 5.67. The Morgan fingerprint density at radius 1 is 1.14 bits per heavy atom. The molecule has 0 saturated heterocycles.